The monoisotopic (exact) mass is 421 g/mol. The number of aromatic nitrogens is 3. The molecule has 0 atom stereocenters. The molecule has 0 bridgehead atoms. The van der Waals surface area contributed by atoms with Crippen LogP contribution in [-0.4, -0.2) is 53.0 Å². The molecule has 1 amide bonds. The molecule has 2 aromatic heterocycles. The summed E-state index contributed by atoms with van der Waals surface area (Å²) >= 11 is 0. The first kappa shape index (κ1) is 20.1. The number of nitrogens with zero attached hydrogens (tertiary/aromatic N) is 3. The molecule has 1 aliphatic heterocycles. The number of amides is 1. The number of sulfonamides is 1. The summed E-state index contributed by atoms with van der Waals surface area (Å²) in [5.74, 6) is 2.32. The first-order valence-electron chi connectivity index (χ1n) is 9.98. The minimum absolute atomic E-state index is 0.0356. The van der Waals surface area contributed by atoms with Gasteiger partial charge in [0.25, 0.3) is 15.9 Å². The maximum Gasteiger partial charge on any atom is 0.289 e. The number of hydrogen-bond acceptors (Lipinski definition) is 6. The Balaban J connectivity index is 1.37. The van der Waals surface area contributed by atoms with Crippen molar-refractivity contribution in [3.8, 4) is 0 Å². The number of furan rings is 1. The van der Waals surface area contributed by atoms with Crippen LogP contribution in [0.4, 0.5) is 0 Å². The standard InChI is InChI=1S/C19H27N5O4S/c1-19(2,3)23-29(26,27)15-7-6-14(28-15)18(25)24-10-8-13(9-11-24)17-20-16(21-22-17)12-4-5-12/h6-7,12-13,23H,4-5,8-11H2,1-3H3,(H,20,21,22). The van der Waals surface area contributed by atoms with E-state index in [0.29, 0.717) is 19.0 Å². The molecule has 2 aliphatic rings. The van der Waals surface area contributed by atoms with Crippen LogP contribution in [-0.2, 0) is 10.0 Å². The molecule has 29 heavy (non-hydrogen) atoms. The fourth-order valence-electron chi connectivity index (χ4n) is 3.54. The average molecular weight is 422 g/mol. The van der Waals surface area contributed by atoms with Crippen LogP contribution in [0.2, 0.25) is 0 Å². The minimum atomic E-state index is -3.81. The normalized spacial score (nSPS) is 18.9. The van der Waals surface area contributed by atoms with Crippen molar-refractivity contribution in [3.63, 3.8) is 0 Å². The van der Waals surface area contributed by atoms with E-state index in [1.54, 1.807) is 25.7 Å². The predicted octanol–water partition coefficient (Wildman–Crippen LogP) is 2.37. The summed E-state index contributed by atoms with van der Waals surface area (Å²) in [6.45, 7) is 6.35. The van der Waals surface area contributed by atoms with Gasteiger partial charge in [0.15, 0.2) is 11.6 Å². The van der Waals surface area contributed by atoms with Crippen molar-refractivity contribution in [2.45, 2.75) is 68.9 Å². The number of aromatic amines is 1. The summed E-state index contributed by atoms with van der Waals surface area (Å²) in [5.41, 5.74) is -0.641. The topological polar surface area (TPSA) is 121 Å². The first-order chi connectivity index (χ1) is 13.6. The maximum absolute atomic E-state index is 12.8. The third kappa shape index (κ3) is 4.53. The van der Waals surface area contributed by atoms with Crippen LogP contribution < -0.4 is 4.72 Å². The molecule has 9 nitrogen and oxygen atoms in total. The van der Waals surface area contributed by atoms with Crippen molar-refractivity contribution in [1.29, 1.82) is 0 Å². The van der Waals surface area contributed by atoms with Crippen LogP contribution in [0.5, 0.6) is 0 Å². The Labute approximate surface area is 170 Å². The summed E-state index contributed by atoms with van der Waals surface area (Å²) < 4.78 is 32.6. The third-order valence-corrected chi connectivity index (χ3v) is 6.76. The van der Waals surface area contributed by atoms with Gasteiger partial charge >= 0.3 is 0 Å². The lowest BCUT2D eigenvalue weighted by Crippen LogP contribution is -2.40. The number of rotatable bonds is 5. The smallest absolute Gasteiger partial charge is 0.289 e. The molecule has 3 heterocycles. The molecule has 10 heteroatoms. The van der Waals surface area contributed by atoms with Crippen LogP contribution in [0.3, 0.4) is 0 Å². The minimum Gasteiger partial charge on any atom is -0.438 e. The lowest BCUT2D eigenvalue weighted by molar-refractivity contribution is 0.0673. The first-order valence-corrected chi connectivity index (χ1v) is 11.5. The summed E-state index contributed by atoms with van der Waals surface area (Å²) in [7, 11) is -3.81. The Morgan fingerprint density at radius 3 is 2.48 bits per heavy atom. The van der Waals surface area contributed by atoms with E-state index in [2.05, 4.69) is 19.9 Å². The lowest BCUT2D eigenvalue weighted by Gasteiger charge is -2.30. The maximum atomic E-state index is 12.8. The molecule has 2 fully saturated rings. The second-order valence-electron chi connectivity index (χ2n) is 8.89. The molecule has 2 N–H and O–H groups in total. The zero-order chi connectivity index (χ0) is 20.8. The molecule has 0 aromatic carbocycles. The third-order valence-electron chi connectivity index (χ3n) is 5.13. The Morgan fingerprint density at radius 1 is 1.17 bits per heavy atom. The van der Waals surface area contributed by atoms with Crippen LogP contribution in [0.1, 0.15) is 80.5 Å². The predicted molar refractivity (Wildman–Crippen MR) is 105 cm³/mol. The van der Waals surface area contributed by atoms with Crippen molar-refractivity contribution in [2.24, 2.45) is 0 Å². The number of likely N-dealkylation sites (tertiary alicyclic amines) is 1. The van der Waals surface area contributed by atoms with E-state index in [-0.39, 0.29) is 22.7 Å². The molecule has 2 aromatic rings. The number of nitrogens with one attached hydrogen (secondary N) is 2. The van der Waals surface area contributed by atoms with E-state index in [4.69, 9.17) is 4.42 Å². The summed E-state index contributed by atoms with van der Waals surface area (Å²) in [6, 6.07) is 2.74. The van der Waals surface area contributed by atoms with Gasteiger partial charge in [-0.25, -0.2) is 18.1 Å². The molecule has 1 aliphatic carbocycles. The van der Waals surface area contributed by atoms with Crippen molar-refractivity contribution in [2.75, 3.05) is 13.1 Å². The van der Waals surface area contributed by atoms with Crippen molar-refractivity contribution in [1.82, 2.24) is 24.8 Å². The van der Waals surface area contributed by atoms with Gasteiger partial charge < -0.3 is 9.32 Å². The molecule has 1 saturated carbocycles. The Bertz CT molecular complexity index is 992. The van der Waals surface area contributed by atoms with Crippen molar-refractivity contribution in [3.05, 3.63) is 29.5 Å². The zero-order valence-corrected chi connectivity index (χ0v) is 17.8. The number of hydrogen-bond donors (Lipinski definition) is 2. The fourth-order valence-corrected chi connectivity index (χ4v) is 4.89. The van der Waals surface area contributed by atoms with Crippen molar-refractivity contribution < 1.29 is 17.6 Å². The fraction of sp³-hybridized carbons (Fsp3) is 0.632. The highest BCUT2D eigenvalue weighted by Crippen LogP contribution is 2.38. The van der Waals surface area contributed by atoms with Gasteiger partial charge in [-0.1, -0.05) is 0 Å². The quantitative estimate of drug-likeness (QED) is 0.764. The largest absolute Gasteiger partial charge is 0.438 e. The SMILES string of the molecule is CC(C)(C)NS(=O)(=O)c1ccc(C(=O)N2CCC(c3nc(C4CC4)n[nH]3)CC2)o1. The van der Waals surface area contributed by atoms with Gasteiger partial charge in [0, 0.05) is 30.5 Å². The average Bonchev–Trinajstić information content (AvgIpc) is 3.17. The highest BCUT2D eigenvalue weighted by molar-refractivity contribution is 7.89. The Hall–Kier alpha value is -2.20. The van der Waals surface area contributed by atoms with Gasteiger partial charge in [0.05, 0.1) is 0 Å². The van der Waals surface area contributed by atoms with Crippen LogP contribution >= 0.6 is 0 Å². The summed E-state index contributed by atoms with van der Waals surface area (Å²) in [4.78, 5) is 19.1. The van der Waals surface area contributed by atoms with Crippen molar-refractivity contribution >= 4 is 15.9 Å². The van der Waals surface area contributed by atoms with E-state index < -0.39 is 15.6 Å². The highest BCUT2D eigenvalue weighted by Gasteiger charge is 2.32. The molecule has 0 unspecified atom stereocenters. The molecule has 1 saturated heterocycles. The zero-order valence-electron chi connectivity index (χ0n) is 16.9. The summed E-state index contributed by atoms with van der Waals surface area (Å²) in [6.07, 6.45) is 3.89. The molecule has 0 radical (unpaired) electrons. The molecule has 4 rings (SSSR count). The van der Waals surface area contributed by atoms with Crippen LogP contribution in [0.15, 0.2) is 21.6 Å². The van der Waals surface area contributed by atoms with Gasteiger partial charge in [-0.3, -0.25) is 9.89 Å². The Morgan fingerprint density at radius 2 is 1.86 bits per heavy atom. The van der Waals surface area contributed by atoms with E-state index >= 15 is 0 Å². The molecular formula is C19H27N5O4S. The number of carbonyl (C=O) groups excluding carboxylic acids is 1. The van der Waals surface area contributed by atoms with Gasteiger partial charge in [-0.15, -0.1) is 0 Å². The molecule has 158 valence electrons. The molecule has 0 spiro atoms. The Kier molecular flexibility index (Phi) is 5.02. The van der Waals surface area contributed by atoms with Gasteiger partial charge in [-0.05, 0) is 58.6 Å². The van der Waals surface area contributed by atoms with Crippen LogP contribution in [0, 0.1) is 0 Å². The summed E-state index contributed by atoms with van der Waals surface area (Å²) in [5, 5.41) is 7.12. The van der Waals surface area contributed by atoms with Crippen LogP contribution in [0.25, 0.3) is 0 Å². The number of H-pyrrole nitrogens is 1. The second kappa shape index (κ2) is 7.24. The second-order valence-corrected chi connectivity index (χ2v) is 10.5. The van der Waals surface area contributed by atoms with Gasteiger partial charge in [-0.2, -0.15) is 5.10 Å². The van der Waals surface area contributed by atoms with E-state index in [0.717, 1.165) is 37.3 Å². The number of carbonyl (C=O) groups is 1. The van der Waals surface area contributed by atoms with Gasteiger partial charge in [0.2, 0.25) is 5.09 Å². The van der Waals surface area contributed by atoms with E-state index in [9.17, 15) is 13.2 Å². The lowest BCUT2D eigenvalue weighted by atomic mass is 9.96. The van der Waals surface area contributed by atoms with E-state index in [1.165, 1.54) is 12.1 Å². The number of piperidine rings is 1. The molecular weight excluding hydrogens is 394 g/mol. The highest BCUT2D eigenvalue weighted by atomic mass is 32.2. The van der Waals surface area contributed by atoms with E-state index in [1.807, 2.05) is 0 Å². The van der Waals surface area contributed by atoms with Gasteiger partial charge in [0.1, 0.15) is 5.82 Å².